The Hall–Kier alpha value is -1.75. The molecule has 0 saturated heterocycles. The molecular formula is C12H19N3O2. The lowest BCUT2D eigenvalue weighted by Gasteiger charge is -2.23. The summed E-state index contributed by atoms with van der Waals surface area (Å²) in [6, 6.07) is 4.87. The molecule has 0 heterocycles. The third-order valence-corrected chi connectivity index (χ3v) is 2.52. The van der Waals surface area contributed by atoms with Gasteiger partial charge in [-0.2, -0.15) is 0 Å². The van der Waals surface area contributed by atoms with E-state index in [0.717, 1.165) is 5.69 Å². The summed E-state index contributed by atoms with van der Waals surface area (Å²) in [5.41, 5.74) is 12.3. The molecule has 0 fully saturated rings. The molecule has 6 N–H and O–H groups in total. The highest BCUT2D eigenvalue weighted by atomic mass is 16.3. The molecule has 5 nitrogen and oxygen atoms in total. The van der Waals surface area contributed by atoms with Gasteiger partial charge >= 0.3 is 0 Å². The van der Waals surface area contributed by atoms with Crippen molar-refractivity contribution in [2.45, 2.75) is 13.8 Å². The first-order valence-corrected chi connectivity index (χ1v) is 5.40. The molecule has 17 heavy (non-hydrogen) atoms. The zero-order valence-electron chi connectivity index (χ0n) is 10.2. The van der Waals surface area contributed by atoms with E-state index in [-0.39, 0.29) is 12.0 Å². The van der Waals surface area contributed by atoms with Crippen molar-refractivity contribution in [3.05, 3.63) is 23.8 Å². The largest absolute Gasteiger partial charge is 0.397 e. The van der Waals surface area contributed by atoms with Gasteiger partial charge in [0.25, 0.3) is 0 Å². The van der Waals surface area contributed by atoms with E-state index >= 15 is 0 Å². The molecule has 0 spiro atoms. The highest BCUT2D eigenvalue weighted by Crippen LogP contribution is 2.22. The molecule has 0 atom stereocenters. The van der Waals surface area contributed by atoms with E-state index in [9.17, 15) is 4.79 Å². The number of carbonyl (C=O) groups is 1. The number of nitrogen functional groups attached to an aromatic ring is 1. The average molecular weight is 237 g/mol. The normalized spacial score (nSPS) is 11.2. The van der Waals surface area contributed by atoms with Crippen LogP contribution in [0.15, 0.2) is 18.2 Å². The number of anilines is 2. The summed E-state index contributed by atoms with van der Waals surface area (Å²) in [4.78, 5) is 10.9. The number of hydrogen-bond acceptors (Lipinski definition) is 4. The summed E-state index contributed by atoms with van der Waals surface area (Å²) >= 11 is 0. The number of rotatable bonds is 5. The molecule has 1 rings (SSSR count). The molecule has 0 aliphatic heterocycles. The molecule has 1 aromatic carbocycles. The van der Waals surface area contributed by atoms with E-state index in [1.807, 2.05) is 13.8 Å². The summed E-state index contributed by atoms with van der Waals surface area (Å²) in [7, 11) is 0. The van der Waals surface area contributed by atoms with Gasteiger partial charge in [-0.3, -0.25) is 4.79 Å². The van der Waals surface area contributed by atoms with E-state index in [2.05, 4.69) is 5.32 Å². The highest BCUT2D eigenvalue weighted by molar-refractivity contribution is 5.94. The van der Waals surface area contributed by atoms with Crippen molar-refractivity contribution in [3.63, 3.8) is 0 Å². The van der Waals surface area contributed by atoms with E-state index < -0.39 is 5.91 Å². The van der Waals surface area contributed by atoms with Crippen LogP contribution in [0.3, 0.4) is 0 Å². The topological polar surface area (TPSA) is 101 Å². The summed E-state index contributed by atoms with van der Waals surface area (Å²) in [5, 5.41) is 12.3. The number of nitrogens with two attached hydrogens (primary N) is 2. The fraction of sp³-hybridized carbons (Fsp3) is 0.417. The molecule has 5 heteroatoms. The Morgan fingerprint density at radius 1 is 1.47 bits per heavy atom. The van der Waals surface area contributed by atoms with Crippen LogP contribution in [-0.4, -0.2) is 24.2 Å². The number of hydrogen-bond donors (Lipinski definition) is 4. The SMILES string of the molecule is CC(C)(CO)CNc1ccc(C(N)=O)cc1N. The minimum atomic E-state index is -0.501. The summed E-state index contributed by atoms with van der Waals surface area (Å²) < 4.78 is 0. The Balaban J connectivity index is 2.77. The van der Waals surface area contributed by atoms with Crippen LogP contribution >= 0.6 is 0 Å². The van der Waals surface area contributed by atoms with Crippen molar-refractivity contribution in [2.75, 3.05) is 24.2 Å². The number of amides is 1. The third-order valence-electron chi connectivity index (χ3n) is 2.52. The lowest BCUT2D eigenvalue weighted by atomic mass is 9.95. The predicted octanol–water partition coefficient (Wildman–Crippen LogP) is 0.798. The van der Waals surface area contributed by atoms with E-state index in [0.29, 0.717) is 17.8 Å². The Morgan fingerprint density at radius 3 is 2.59 bits per heavy atom. The maximum absolute atomic E-state index is 10.9. The van der Waals surface area contributed by atoms with Gasteiger partial charge in [-0.25, -0.2) is 0 Å². The Bertz CT molecular complexity index is 416. The molecular weight excluding hydrogens is 218 g/mol. The van der Waals surface area contributed by atoms with Crippen LogP contribution in [0.25, 0.3) is 0 Å². The van der Waals surface area contributed by atoms with E-state index in [1.165, 1.54) is 6.07 Å². The maximum atomic E-state index is 10.9. The summed E-state index contributed by atoms with van der Waals surface area (Å²) in [5.74, 6) is -0.501. The summed E-state index contributed by atoms with van der Waals surface area (Å²) in [6.45, 7) is 4.55. The molecule has 1 aromatic rings. The molecule has 0 radical (unpaired) electrons. The van der Waals surface area contributed by atoms with Gasteiger partial charge in [0, 0.05) is 24.1 Å². The van der Waals surface area contributed by atoms with Crippen LogP contribution in [0, 0.1) is 5.41 Å². The summed E-state index contributed by atoms with van der Waals surface area (Å²) in [6.07, 6.45) is 0. The fourth-order valence-corrected chi connectivity index (χ4v) is 1.27. The number of aliphatic hydroxyl groups is 1. The molecule has 0 aromatic heterocycles. The number of benzene rings is 1. The van der Waals surface area contributed by atoms with Crippen molar-refractivity contribution in [1.29, 1.82) is 0 Å². The number of nitrogens with one attached hydrogen (secondary N) is 1. The van der Waals surface area contributed by atoms with Crippen molar-refractivity contribution in [3.8, 4) is 0 Å². The lowest BCUT2D eigenvalue weighted by Crippen LogP contribution is -2.27. The first kappa shape index (κ1) is 13.3. The Labute approximate surface area is 101 Å². The fourth-order valence-electron chi connectivity index (χ4n) is 1.27. The smallest absolute Gasteiger partial charge is 0.248 e. The molecule has 0 aliphatic carbocycles. The van der Waals surface area contributed by atoms with Gasteiger partial charge in [-0.05, 0) is 18.2 Å². The van der Waals surface area contributed by atoms with Gasteiger partial charge in [0.05, 0.1) is 11.4 Å². The maximum Gasteiger partial charge on any atom is 0.248 e. The minimum Gasteiger partial charge on any atom is -0.397 e. The van der Waals surface area contributed by atoms with Gasteiger partial charge in [-0.1, -0.05) is 13.8 Å². The second-order valence-electron chi connectivity index (χ2n) is 4.84. The number of aliphatic hydroxyl groups excluding tert-OH is 1. The highest BCUT2D eigenvalue weighted by Gasteiger charge is 2.16. The van der Waals surface area contributed by atoms with Crippen molar-refractivity contribution in [2.24, 2.45) is 11.1 Å². The zero-order chi connectivity index (χ0) is 13.1. The average Bonchev–Trinajstić information content (AvgIpc) is 2.27. The first-order valence-electron chi connectivity index (χ1n) is 5.40. The van der Waals surface area contributed by atoms with E-state index in [1.54, 1.807) is 12.1 Å². The van der Waals surface area contributed by atoms with Gasteiger partial charge < -0.3 is 21.9 Å². The molecule has 0 aliphatic rings. The molecule has 0 saturated carbocycles. The Kier molecular flexibility index (Phi) is 3.96. The number of carbonyl (C=O) groups excluding carboxylic acids is 1. The van der Waals surface area contributed by atoms with Crippen molar-refractivity contribution < 1.29 is 9.90 Å². The molecule has 0 unspecified atom stereocenters. The van der Waals surface area contributed by atoms with Gasteiger partial charge in [-0.15, -0.1) is 0 Å². The standard InChI is InChI=1S/C12H19N3O2/c1-12(2,7-16)6-15-10-4-3-8(11(14)17)5-9(10)13/h3-5,15-16H,6-7,13H2,1-2H3,(H2,14,17). The van der Waals surface area contributed by atoms with Gasteiger partial charge in [0.1, 0.15) is 0 Å². The second kappa shape index (κ2) is 5.05. The monoisotopic (exact) mass is 237 g/mol. The molecule has 94 valence electrons. The Morgan fingerprint density at radius 2 is 2.12 bits per heavy atom. The third kappa shape index (κ3) is 3.64. The number of primary amides is 1. The van der Waals surface area contributed by atoms with Crippen LogP contribution < -0.4 is 16.8 Å². The van der Waals surface area contributed by atoms with Crippen LogP contribution in [0.5, 0.6) is 0 Å². The van der Waals surface area contributed by atoms with Crippen molar-refractivity contribution in [1.82, 2.24) is 0 Å². The van der Waals surface area contributed by atoms with Crippen LogP contribution in [-0.2, 0) is 0 Å². The predicted molar refractivity (Wildman–Crippen MR) is 68.7 cm³/mol. The zero-order valence-corrected chi connectivity index (χ0v) is 10.2. The van der Waals surface area contributed by atoms with Crippen LogP contribution in [0.4, 0.5) is 11.4 Å². The van der Waals surface area contributed by atoms with Crippen LogP contribution in [0.1, 0.15) is 24.2 Å². The van der Waals surface area contributed by atoms with E-state index in [4.69, 9.17) is 16.6 Å². The first-order chi connectivity index (χ1) is 7.85. The molecule has 0 bridgehead atoms. The van der Waals surface area contributed by atoms with Crippen LogP contribution in [0.2, 0.25) is 0 Å². The van der Waals surface area contributed by atoms with Gasteiger partial charge in [0.15, 0.2) is 0 Å². The van der Waals surface area contributed by atoms with Crippen molar-refractivity contribution >= 4 is 17.3 Å². The second-order valence-corrected chi connectivity index (χ2v) is 4.84. The van der Waals surface area contributed by atoms with Gasteiger partial charge in [0.2, 0.25) is 5.91 Å². The lowest BCUT2D eigenvalue weighted by molar-refractivity contribution is 0.100. The molecule has 1 amide bonds. The quantitative estimate of drug-likeness (QED) is 0.569. The minimum absolute atomic E-state index is 0.0826.